The standard InChI is InChI=1S/C13H14Br2O3/c1-2-18-13(17)7-11-9(6-10(16)8-14)4-3-5-12(11)15/h3-5H,2,6-8H2,1H3. The zero-order valence-corrected chi connectivity index (χ0v) is 13.2. The number of carbonyl (C=O) groups excluding carboxylic acids is 2. The molecule has 0 N–H and O–H groups in total. The van der Waals surface area contributed by atoms with Crippen LogP contribution in [0, 0.1) is 0 Å². The van der Waals surface area contributed by atoms with Crippen molar-refractivity contribution in [3.8, 4) is 0 Å². The zero-order chi connectivity index (χ0) is 13.5. The van der Waals surface area contributed by atoms with Crippen molar-refractivity contribution in [1.82, 2.24) is 0 Å². The first-order valence-electron chi connectivity index (χ1n) is 5.58. The second-order valence-corrected chi connectivity index (χ2v) is 5.12. The van der Waals surface area contributed by atoms with Gasteiger partial charge in [0.25, 0.3) is 0 Å². The summed E-state index contributed by atoms with van der Waals surface area (Å²) < 4.78 is 5.76. The quantitative estimate of drug-likeness (QED) is 0.565. The van der Waals surface area contributed by atoms with Gasteiger partial charge in [-0.05, 0) is 24.1 Å². The highest BCUT2D eigenvalue weighted by Crippen LogP contribution is 2.22. The van der Waals surface area contributed by atoms with Crippen molar-refractivity contribution in [2.45, 2.75) is 19.8 Å². The molecule has 0 spiro atoms. The molecule has 0 aliphatic carbocycles. The van der Waals surface area contributed by atoms with E-state index in [4.69, 9.17) is 4.74 Å². The van der Waals surface area contributed by atoms with Crippen LogP contribution < -0.4 is 0 Å². The van der Waals surface area contributed by atoms with E-state index in [1.165, 1.54) is 0 Å². The minimum absolute atomic E-state index is 0.0817. The van der Waals surface area contributed by atoms with Gasteiger partial charge in [-0.3, -0.25) is 9.59 Å². The highest BCUT2D eigenvalue weighted by molar-refractivity contribution is 9.10. The highest BCUT2D eigenvalue weighted by atomic mass is 79.9. The van der Waals surface area contributed by atoms with E-state index in [2.05, 4.69) is 31.9 Å². The first kappa shape index (κ1) is 15.4. The molecule has 1 aromatic rings. The van der Waals surface area contributed by atoms with Gasteiger partial charge < -0.3 is 4.74 Å². The molecule has 0 saturated heterocycles. The van der Waals surface area contributed by atoms with E-state index in [0.717, 1.165) is 15.6 Å². The van der Waals surface area contributed by atoms with Gasteiger partial charge in [-0.15, -0.1) is 0 Å². The number of carbonyl (C=O) groups is 2. The van der Waals surface area contributed by atoms with Crippen molar-refractivity contribution < 1.29 is 14.3 Å². The normalized spacial score (nSPS) is 10.2. The molecule has 0 unspecified atom stereocenters. The van der Waals surface area contributed by atoms with Crippen molar-refractivity contribution in [3.63, 3.8) is 0 Å². The maximum atomic E-state index is 11.5. The van der Waals surface area contributed by atoms with E-state index >= 15 is 0 Å². The molecule has 18 heavy (non-hydrogen) atoms. The summed E-state index contributed by atoms with van der Waals surface area (Å²) in [5.41, 5.74) is 1.69. The average molecular weight is 378 g/mol. The number of alkyl halides is 1. The number of esters is 1. The number of rotatable bonds is 6. The Balaban J connectivity index is 2.93. The maximum Gasteiger partial charge on any atom is 0.310 e. The van der Waals surface area contributed by atoms with E-state index in [1.54, 1.807) is 6.92 Å². The Hall–Kier alpha value is -0.680. The largest absolute Gasteiger partial charge is 0.466 e. The molecule has 0 heterocycles. The molecule has 98 valence electrons. The minimum Gasteiger partial charge on any atom is -0.466 e. The van der Waals surface area contributed by atoms with Crippen molar-refractivity contribution in [2.24, 2.45) is 0 Å². The third-order valence-corrected chi connectivity index (χ3v) is 3.75. The molecule has 0 atom stereocenters. The van der Waals surface area contributed by atoms with Gasteiger partial charge in [0, 0.05) is 10.9 Å². The predicted molar refractivity (Wildman–Crippen MR) is 77.0 cm³/mol. The van der Waals surface area contributed by atoms with Crippen molar-refractivity contribution >= 4 is 43.6 Å². The third-order valence-electron chi connectivity index (χ3n) is 2.38. The van der Waals surface area contributed by atoms with E-state index in [1.807, 2.05) is 18.2 Å². The van der Waals surface area contributed by atoms with Crippen LogP contribution in [0.4, 0.5) is 0 Å². The summed E-state index contributed by atoms with van der Waals surface area (Å²) >= 11 is 6.55. The van der Waals surface area contributed by atoms with Crippen molar-refractivity contribution in [2.75, 3.05) is 11.9 Å². The lowest BCUT2D eigenvalue weighted by Gasteiger charge is -2.10. The van der Waals surface area contributed by atoms with Gasteiger partial charge in [-0.2, -0.15) is 0 Å². The van der Waals surface area contributed by atoms with Crippen LogP contribution in [-0.2, 0) is 27.2 Å². The van der Waals surface area contributed by atoms with Crippen LogP contribution in [0.1, 0.15) is 18.1 Å². The maximum absolute atomic E-state index is 11.5. The Morgan fingerprint density at radius 1 is 1.28 bits per heavy atom. The van der Waals surface area contributed by atoms with Crippen LogP contribution in [0.25, 0.3) is 0 Å². The van der Waals surface area contributed by atoms with E-state index in [-0.39, 0.29) is 18.2 Å². The summed E-state index contributed by atoms with van der Waals surface area (Å²) in [4.78, 5) is 23.0. The van der Waals surface area contributed by atoms with Crippen molar-refractivity contribution in [1.29, 1.82) is 0 Å². The number of Topliss-reactive ketones (excluding diaryl/α,β-unsaturated/α-hetero) is 1. The van der Waals surface area contributed by atoms with Gasteiger partial charge in [-0.1, -0.05) is 44.0 Å². The van der Waals surface area contributed by atoms with Crippen LogP contribution in [0.5, 0.6) is 0 Å². The summed E-state index contributed by atoms with van der Waals surface area (Å²) in [5, 5.41) is 0.318. The van der Waals surface area contributed by atoms with Crippen LogP contribution in [-0.4, -0.2) is 23.7 Å². The van der Waals surface area contributed by atoms with Gasteiger partial charge in [0.2, 0.25) is 0 Å². The second-order valence-electron chi connectivity index (χ2n) is 3.71. The second kappa shape index (κ2) is 7.69. The Kier molecular flexibility index (Phi) is 6.57. The first-order chi connectivity index (χ1) is 8.58. The lowest BCUT2D eigenvalue weighted by molar-refractivity contribution is -0.142. The van der Waals surface area contributed by atoms with Crippen LogP contribution in [0.15, 0.2) is 22.7 Å². The Bertz CT molecular complexity index is 444. The molecule has 0 saturated carbocycles. The summed E-state index contributed by atoms with van der Waals surface area (Å²) in [5.74, 6) is -0.199. The fraction of sp³-hybridized carbons (Fsp3) is 0.385. The number of ketones is 1. The molecule has 0 aliphatic heterocycles. The fourth-order valence-electron chi connectivity index (χ4n) is 1.58. The molecule has 1 rings (SSSR count). The highest BCUT2D eigenvalue weighted by Gasteiger charge is 2.14. The molecular weight excluding hydrogens is 364 g/mol. The molecule has 0 aliphatic rings. The molecular formula is C13H14Br2O3. The van der Waals surface area contributed by atoms with Crippen LogP contribution in [0.3, 0.4) is 0 Å². The zero-order valence-electron chi connectivity index (χ0n) is 10.0. The number of hydrogen-bond acceptors (Lipinski definition) is 3. The van der Waals surface area contributed by atoms with Gasteiger partial charge in [-0.25, -0.2) is 0 Å². The molecule has 5 heteroatoms. The van der Waals surface area contributed by atoms with Gasteiger partial charge >= 0.3 is 5.97 Å². The molecule has 3 nitrogen and oxygen atoms in total. The molecule has 0 radical (unpaired) electrons. The average Bonchev–Trinajstić information content (AvgIpc) is 2.33. The van der Waals surface area contributed by atoms with E-state index < -0.39 is 0 Å². The van der Waals surface area contributed by atoms with Gasteiger partial charge in [0.05, 0.1) is 18.4 Å². The fourth-order valence-corrected chi connectivity index (χ4v) is 2.33. The number of benzene rings is 1. The molecule has 0 amide bonds. The van der Waals surface area contributed by atoms with Gasteiger partial charge in [0.15, 0.2) is 0 Å². The minimum atomic E-state index is -0.281. The monoisotopic (exact) mass is 376 g/mol. The lowest BCUT2D eigenvalue weighted by Crippen LogP contribution is -2.12. The summed E-state index contributed by atoms with van der Waals surface area (Å²) in [6.45, 7) is 2.13. The summed E-state index contributed by atoms with van der Waals surface area (Å²) in [6, 6.07) is 5.58. The van der Waals surface area contributed by atoms with Gasteiger partial charge in [0.1, 0.15) is 5.78 Å². The van der Waals surface area contributed by atoms with Crippen LogP contribution in [0.2, 0.25) is 0 Å². The SMILES string of the molecule is CCOC(=O)Cc1c(Br)cccc1CC(=O)CBr. The Morgan fingerprint density at radius 3 is 2.61 bits per heavy atom. The Morgan fingerprint density at radius 2 is 2.00 bits per heavy atom. The molecule has 1 aromatic carbocycles. The Labute approximate surface area is 123 Å². The molecule has 0 aromatic heterocycles. The summed E-state index contributed by atoms with van der Waals surface area (Å²) in [7, 11) is 0. The molecule has 0 fully saturated rings. The lowest BCUT2D eigenvalue weighted by atomic mass is 10.0. The first-order valence-corrected chi connectivity index (χ1v) is 7.49. The predicted octanol–water partition coefficient (Wildman–Crippen LogP) is 3.06. The van der Waals surface area contributed by atoms with E-state index in [9.17, 15) is 9.59 Å². The smallest absolute Gasteiger partial charge is 0.310 e. The van der Waals surface area contributed by atoms with Crippen LogP contribution >= 0.6 is 31.9 Å². The van der Waals surface area contributed by atoms with E-state index in [0.29, 0.717) is 18.4 Å². The van der Waals surface area contributed by atoms with Crippen molar-refractivity contribution in [3.05, 3.63) is 33.8 Å². The number of halogens is 2. The number of ether oxygens (including phenoxy) is 1. The summed E-state index contributed by atoms with van der Waals surface area (Å²) in [6.07, 6.45) is 0.500. The number of hydrogen-bond donors (Lipinski definition) is 0. The topological polar surface area (TPSA) is 43.4 Å². The molecule has 0 bridgehead atoms. The third kappa shape index (κ3) is 4.53.